The van der Waals surface area contributed by atoms with E-state index in [4.69, 9.17) is 138 Å². The van der Waals surface area contributed by atoms with Gasteiger partial charge in [-0.15, -0.1) is 0 Å². The number of carbonyl (C=O) groups is 5. The van der Waals surface area contributed by atoms with E-state index in [-0.39, 0.29) is 315 Å². The molecule has 7 N–H and O–H groups in total. The van der Waals surface area contributed by atoms with E-state index >= 15 is 0 Å². The van der Waals surface area contributed by atoms with Gasteiger partial charge in [0.05, 0.1) is 256 Å². The molecule has 1 amide bonds. The fraction of sp³-hybridized carbons (Fsp3) is 0.667. The molecule has 43 heteroatoms. The molecule has 0 unspecified atom stereocenters. The van der Waals surface area contributed by atoms with E-state index in [1.807, 2.05) is 13.8 Å². The third-order valence-corrected chi connectivity index (χ3v) is 18.6. The van der Waals surface area contributed by atoms with E-state index in [9.17, 15) is 52.7 Å². The zero-order chi connectivity index (χ0) is 94.0. The molecule has 0 saturated heterocycles. The van der Waals surface area contributed by atoms with Crippen molar-refractivity contribution in [3.05, 3.63) is 88.5 Å². The lowest BCUT2D eigenvalue weighted by Gasteiger charge is -2.19. The van der Waals surface area contributed by atoms with Crippen LogP contribution in [0.25, 0.3) is 0 Å². The Balaban J connectivity index is 1.64. The second-order valence-corrected chi connectivity index (χ2v) is 31.2. The summed E-state index contributed by atoms with van der Waals surface area (Å²) in [5, 5.41) is 20.7. The zero-order valence-corrected chi connectivity index (χ0v) is 77.2. The van der Waals surface area contributed by atoms with Gasteiger partial charge < -0.3 is 163 Å². The number of carboxylic acids is 2. The van der Waals surface area contributed by atoms with Crippen molar-refractivity contribution in [3.8, 4) is 51.7 Å². The predicted molar refractivity (Wildman–Crippen MR) is 468 cm³/mol. The molecule has 0 radical (unpaired) electrons. The largest absolute Gasteiger partial charge is 0.493 e. The maximum absolute atomic E-state index is 14.5. The van der Waals surface area contributed by atoms with E-state index in [0.29, 0.717) is 106 Å². The SMILES string of the molecule is CCCOCCOCCOCCOc1cc(C(=O)CCCOc2cc(OCCCC(=O)c3cc(OCCOCCOCCOCCC)c(OCCOCCOCCC(=O)O)c(OCCOCCOCCOCCOC)c3)cc(C(=O)NCCOc3cc(CP(=O)(O)O)cc(CP(=O)(O)O)c3)c2)cc(OCCOCCOCCOCCOC)c1OCCOCCOCCC(=O)O. The van der Waals surface area contributed by atoms with Crippen molar-refractivity contribution in [3.63, 3.8) is 0 Å². The predicted octanol–water partition coefficient (Wildman–Crippen LogP) is 7.54. The molecule has 0 heterocycles. The number of hydrogen-bond acceptors (Lipinski definition) is 34. The van der Waals surface area contributed by atoms with Crippen LogP contribution < -0.4 is 47.9 Å². The van der Waals surface area contributed by atoms with Crippen LogP contribution in [0.4, 0.5) is 0 Å². The third kappa shape index (κ3) is 59.8. The number of ketones is 2. The zero-order valence-electron chi connectivity index (χ0n) is 75.4. The van der Waals surface area contributed by atoms with Gasteiger partial charge in [-0.2, -0.15) is 0 Å². The summed E-state index contributed by atoms with van der Waals surface area (Å²) in [6.07, 6.45) is 0.0425. The Morgan fingerprint density at radius 1 is 0.277 bits per heavy atom. The highest BCUT2D eigenvalue weighted by atomic mass is 31.2. The Bertz CT molecular complexity index is 3540. The summed E-state index contributed by atoms with van der Waals surface area (Å²) in [4.78, 5) is 104. The van der Waals surface area contributed by atoms with Crippen molar-refractivity contribution < 1.29 is 191 Å². The van der Waals surface area contributed by atoms with Gasteiger partial charge in [0.1, 0.15) is 63.5 Å². The van der Waals surface area contributed by atoms with Crippen molar-refractivity contribution in [1.82, 2.24) is 5.32 Å². The van der Waals surface area contributed by atoms with Gasteiger partial charge in [-0.05, 0) is 85.3 Å². The number of amides is 1. The van der Waals surface area contributed by atoms with Crippen LogP contribution in [-0.2, 0) is 116 Å². The maximum atomic E-state index is 14.5. The molecule has 740 valence electrons. The topological polar surface area (TPSA) is 502 Å². The molecule has 4 rings (SSSR count). The number of carbonyl (C=O) groups excluding carboxylic acids is 3. The lowest BCUT2D eigenvalue weighted by atomic mass is 10.1. The summed E-state index contributed by atoms with van der Waals surface area (Å²) in [6, 6.07) is 14.4. The number of methoxy groups -OCH3 is 2. The number of nitrogens with one attached hydrogen (secondary N) is 1. The highest BCUT2D eigenvalue weighted by molar-refractivity contribution is 7.51. The molecule has 0 aliphatic heterocycles. The van der Waals surface area contributed by atoms with Crippen molar-refractivity contribution >= 4 is 44.6 Å². The summed E-state index contributed by atoms with van der Waals surface area (Å²) in [5.41, 5.74) is 0.514. The van der Waals surface area contributed by atoms with Crippen LogP contribution in [0.1, 0.15) is 107 Å². The minimum atomic E-state index is -4.63. The minimum absolute atomic E-state index is 0.00255. The molecule has 0 aliphatic carbocycles. The Labute approximate surface area is 760 Å². The summed E-state index contributed by atoms with van der Waals surface area (Å²) < 4.78 is 180. The first kappa shape index (κ1) is 115. The van der Waals surface area contributed by atoms with Crippen LogP contribution >= 0.6 is 15.2 Å². The van der Waals surface area contributed by atoms with E-state index in [0.717, 1.165) is 12.8 Å². The second kappa shape index (κ2) is 74.8. The van der Waals surface area contributed by atoms with E-state index in [1.54, 1.807) is 14.2 Å². The minimum Gasteiger partial charge on any atom is -0.493 e. The number of benzene rings is 4. The van der Waals surface area contributed by atoms with Crippen molar-refractivity contribution in [2.24, 2.45) is 0 Å². The molecule has 4 aromatic carbocycles. The number of carboxylic acid groups (broad SMARTS) is 2. The molecule has 41 nitrogen and oxygen atoms in total. The average Bonchev–Trinajstić information content (AvgIpc) is 0.816. The normalized spacial score (nSPS) is 11.6. The van der Waals surface area contributed by atoms with Crippen LogP contribution in [0.5, 0.6) is 51.7 Å². The molecule has 0 spiro atoms. The molecule has 0 aromatic heterocycles. The first-order chi connectivity index (χ1) is 63.1. The van der Waals surface area contributed by atoms with Crippen LogP contribution in [0.2, 0.25) is 0 Å². The fourth-order valence-electron chi connectivity index (χ4n) is 11.0. The van der Waals surface area contributed by atoms with Gasteiger partial charge >= 0.3 is 27.1 Å². The van der Waals surface area contributed by atoms with Gasteiger partial charge in [0.25, 0.3) is 5.91 Å². The number of aliphatic carboxylic acids is 2. The molecule has 0 aliphatic rings. The standard InChI is InChI=1S/C87H137NO40P2/c1-5-14-104-25-29-110-37-41-114-45-51-123-79-62-71(64-81(85(79)127-55-49-118-31-27-106-18-11-83(91)92)125-53-47-116-43-39-112-35-33-108-23-21-102-3)77(89)9-7-16-120-75-60-73(87(95)88-13-20-122-74-58-69(67-129(96,97)98)57-70(59-74)68-130(99,100)101)61-76(66-75)121-17-8-10-78(90)72-63-80(124-52-46-115-42-38-111-30-26-105-15-6-2)86(128-56-50-119-32-28-107-19-12-84(93)94)82(65-72)126-54-48-117-44-40-113-36-34-109-24-22-103-4/h57-66H,5-56,67-68H2,1-4H3,(H,88,95)(H,91,92)(H,93,94)(H2,96,97,98)(H2,99,100,101). The van der Waals surface area contributed by atoms with Gasteiger partial charge in [-0.25, -0.2) is 0 Å². The summed E-state index contributed by atoms with van der Waals surface area (Å²) >= 11 is 0. The Hall–Kier alpha value is -7.59. The smallest absolute Gasteiger partial charge is 0.329 e. The third-order valence-electron chi connectivity index (χ3n) is 17.0. The number of ether oxygens (including phenoxy) is 27. The first-order valence-electron chi connectivity index (χ1n) is 43.5. The van der Waals surface area contributed by atoms with Crippen molar-refractivity contribution in [1.29, 1.82) is 0 Å². The second-order valence-electron chi connectivity index (χ2n) is 27.9. The van der Waals surface area contributed by atoms with Gasteiger partial charge in [-0.1, -0.05) is 19.9 Å². The van der Waals surface area contributed by atoms with Gasteiger partial charge in [0, 0.05) is 63.0 Å². The highest BCUT2D eigenvalue weighted by Gasteiger charge is 2.25. The van der Waals surface area contributed by atoms with E-state index in [2.05, 4.69) is 5.32 Å². The quantitative estimate of drug-likeness (QED) is 0.0127. The molecule has 0 saturated carbocycles. The monoisotopic (exact) mass is 1900 g/mol. The summed E-state index contributed by atoms with van der Waals surface area (Å²) in [5.74, 6) is -2.17. The van der Waals surface area contributed by atoms with Gasteiger partial charge in [0.2, 0.25) is 11.5 Å². The lowest BCUT2D eigenvalue weighted by Crippen LogP contribution is -2.28. The molecule has 0 bridgehead atoms. The lowest BCUT2D eigenvalue weighted by molar-refractivity contribution is -0.139. The first-order valence-corrected chi connectivity index (χ1v) is 47.1. The number of hydrogen-bond donors (Lipinski definition) is 7. The molecular weight excluding hydrogens is 1760 g/mol. The Kier molecular flexibility index (Phi) is 66.0. The van der Waals surface area contributed by atoms with Crippen molar-refractivity contribution in [2.75, 3.05) is 305 Å². The summed E-state index contributed by atoms with van der Waals surface area (Å²) in [7, 11) is -6.09. The van der Waals surface area contributed by atoms with E-state index in [1.165, 1.54) is 60.7 Å². The van der Waals surface area contributed by atoms with Crippen LogP contribution in [0.15, 0.2) is 60.7 Å². The molecule has 0 atom stereocenters. The van der Waals surface area contributed by atoms with Crippen molar-refractivity contribution in [2.45, 2.75) is 77.5 Å². The van der Waals surface area contributed by atoms with Crippen LogP contribution in [-0.4, -0.2) is 364 Å². The molecule has 0 fully saturated rings. The van der Waals surface area contributed by atoms with E-state index < -0.39 is 45.4 Å². The fourth-order valence-corrected chi connectivity index (χ4v) is 12.4. The molecule has 130 heavy (non-hydrogen) atoms. The van der Waals surface area contributed by atoms with Crippen LogP contribution in [0.3, 0.4) is 0 Å². The average molecular weight is 1900 g/mol. The van der Waals surface area contributed by atoms with Gasteiger partial charge in [-0.3, -0.25) is 33.1 Å². The highest BCUT2D eigenvalue weighted by Crippen LogP contribution is 2.44. The van der Waals surface area contributed by atoms with Gasteiger partial charge in [0.15, 0.2) is 34.6 Å². The number of Topliss-reactive ketones (excluding diaryl/α,β-unsaturated/α-hetero) is 2. The summed E-state index contributed by atoms with van der Waals surface area (Å²) in [6.45, 7) is 13.0. The molecular formula is C87H137NO40P2. The molecule has 4 aromatic rings. The Morgan fingerprint density at radius 2 is 0.538 bits per heavy atom. The Morgan fingerprint density at radius 3 is 0.823 bits per heavy atom. The maximum Gasteiger partial charge on any atom is 0.329 e. The van der Waals surface area contributed by atoms with Crippen LogP contribution in [0, 0.1) is 0 Å². The number of rotatable bonds is 91.